The second-order valence-electron chi connectivity index (χ2n) is 8.54. The Balaban J connectivity index is 2.46. The van der Waals surface area contributed by atoms with Gasteiger partial charge in [0.25, 0.3) is 0 Å². The predicted octanol–water partition coefficient (Wildman–Crippen LogP) is 6.30. The minimum absolute atomic E-state index is 0.138. The lowest BCUT2D eigenvalue weighted by Gasteiger charge is -2.30. The zero-order valence-electron chi connectivity index (χ0n) is 18.8. The molecule has 1 atom stereocenters. The van der Waals surface area contributed by atoms with Gasteiger partial charge in [-0.2, -0.15) is 13.2 Å². The third kappa shape index (κ3) is 6.24. The molecule has 2 aromatic rings. The number of carbonyl (C=O) groups is 1. The molecule has 0 saturated heterocycles. The highest BCUT2D eigenvalue weighted by atomic mass is 19.4. The van der Waals surface area contributed by atoms with Crippen LogP contribution in [-0.4, -0.2) is 17.1 Å². The summed E-state index contributed by atoms with van der Waals surface area (Å²) in [5, 5.41) is 0. The Kier molecular flexibility index (Phi) is 7.77. The fraction of sp³-hybridized carbons (Fsp3) is 0.375. The molecule has 0 unspecified atom stereocenters. The van der Waals surface area contributed by atoms with E-state index in [1.54, 1.807) is 27.7 Å². The number of carbonyl (C=O) groups excluding carboxylic acids is 1. The molecule has 1 aromatic carbocycles. The first-order chi connectivity index (χ1) is 15.2. The summed E-state index contributed by atoms with van der Waals surface area (Å²) in [6.45, 7) is 6.96. The number of nitrogens with zero attached hydrogens (tertiary/aromatic N) is 2. The number of hydrogen-bond acceptors (Lipinski definition) is 3. The molecule has 0 aliphatic carbocycles. The van der Waals surface area contributed by atoms with Crippen molar-refractivity contribution in [3.8, 4) is 0 Å². The second kappa shape index (κ2) is 9.80. The largest absolute Gasteiger partial charge is 0.417 e. The number of aliphatic imine (C=N–C) groups is 1. The molecule has 33 heavy (non-hydrogen) atoms. The molecule has 1 heterocycles. The first-order valence-electron chi connectivity index (χ1n) is 10.2. The Bertz CT molecular complexity index is 1060. The van der Waals surface area contributed by atoms with Crippen molar-refractivity contribution in [3.05, 3.63) is 64.7 Å². The van der Waals surface area contributed by atoms with E-state index in [1.807, 2.05) is 0 Å². The van der Waals surface area contributed by atoms with E-state index in [2.05, 4.69) is 9.98 Å². The molecule has 0 fully saturated rings. The van der Waals surface area contributed by atoms with Crippen LogP contribution in [0.4, 0.5) is 22.0 Å². The Morgan fingerprint density at radius 3 is 2.33 bits per heavy atom. The van der Waals surface area contributed by atoms with Crippen LogP contribution >= 0.6 is 0 Å². The number of aldehydes is 1. The molecule has 0 aliphatic rings. The highest BCUT2D eigenvalue weighted by molar-refractivity contribution is 5.88. The van der Waals surface area contributed by atoms with Gasteiger partial charge in [-0.05, 0) is 49.2 Å². The number of hydrogen-bond donors (Lipinski definition) is 1. The molecule has 0 amide bonds. The average molecular weight is 467 g/mol. The van der Waals surface area contributed by atoms with Gasteiger partial charge in [-0.15, -0.1) is 0 Å². The fourth-order valence-electron chi connectivity index (χ4n) is 3.03. The van der Waals surface area contributed by atoms with Crippen molar-refractivity contribution in [2.75, 3.05) is 0 Å². The zero-order chi connectivity index (χ0) is 25.0. The molecule has 2 rings (SSSR count). The number of nitrogens with two attached hydrogens (primary N) is 1. The molecule has 1 aromatic heterocycles. The molecular weight excluding hydrogens is 441 g/mol. The van der Waals surface area contributed by atoms with E-state index >= 15 is 0 Å². The molecule has 0 radical (unpaired) electrons. The highest BCUT2D eigenvalue weighted by Gasteiger charge is 2.32. The molecule has 0 bridgehead atoms. The number of pyridine rings is 1. The lowest BCUT2D eigenvalue weighted by molar-refractivity contribution is -0.137. The van der Waals surface area contributed by atoms with Gasteiger partial charge < -0.3 is 10.5 Å². The smallest absolute Gasteiger partial charge is 0.387 e. The number of rotatable bonds is 8. The van der Waals surface area contributed by atoms with Crippen LogP contribution in [0.1, 0.15) is 62.9 Å². The van der Waals surface area contributed by atoms with Crippen LogP contribution in [0.5, 0.6) is 0 Å². The minimum Gasteiger partial charge on any atom is -0.387 e. The van der Waals surface area contributed by atoms with Crippen LogP contribution < -0.4 is 5.73 Å². The summed E-state index contributed by atoms with van der Waals surface area (Å²) < 4.78 is 67.5. The van der Waals surface area contributed by atoms with E-state index in [4.69, 9.17) is 5.73 Å². The summed E-state index contributed by atoms with van der Waals surface area (Å²) in [6.07, 6.45) is -1.75. The van der Waals surface area contributed by atoms with E-state index in [-0.39, 0.29) is 29.1 Å². The van der Waals surface area contributed by atoms with Crippen molar-refractivity contribution in [3.63, 3.8) is 0 Å². The third-order valence-electron chi connectivity index (χ3n) is 5.54. The third-order valence-corrected chi connectivity index (χ3v) is 5.54. The van der Waals surface area contributed by atoms with Crippen LogP contribution in [0.15, 0.2) is 41.5 Å². The van der Waals surface area contributed by atoms with Gasteiger partial charge in [-0.1, -0.05) is 26.8 Å². The van der Waals surface area contributed by atoms with Gasteiger partial charge in [-0.25, -0.2) is 8.78 Å². The predicted molar refractivity (Wildman–Crippen MR) is 118 cm³/mol. The summed E-state index contributed by atoms with van der Waals surface area (Å²) in [7, 11) is 0. The van der Waals surface area contributed by atoms with Gasteiger partial charge in [0, 0.05) is 23.6 Å². The van der Waals surface area contributed by atoms with Gasteiger partial charge in [0.05, 0.1) is 16.8 Å². The van der Waals surface area contributed by atoms with Crippen molar-refractivity contribution in [1.82, 2.24) is 4.98 Å². The molecule has 4 nitrogen and oxygen atoms in total. The normalized spacial score (nSPS) is 15.3. The second-order valence-corrected chi connectivity index (χ2v) is 8.54. The molecule has 0 saturated carbocycles. The minimum atomic E-state index is -4.58. The number of amidine groups is 1. The topological polar surface area (TPSA) is 68.3 Å². The first-order valence-corrected chi connectivity index (χ1v) is 10.2. The van der Waals surface area contributed by atoms with Crippen LogP contribution in [0.2, 0.25) is 0 Å². The van der Waals surface area contributed by atoms with Gasteiger partial charge in [0.2, 0.25) is 0 Å². The number of alkyl halides is 3. The van der Waals surface area contributed by atoms with Gasteiger partial charge in [0.15, 0.2) is 0 Å². The van der Waals surface area contributed by atoms with E-state index in [1.165, 1.54) is 12.1 Å². The summed E-state index contributed by atoms with van der Waals surface area (Å²) in [6, 6.07) is 5.56. The Morgan fingerprint density at radius 2 is 1.82 bits per heavy atom. The van der Waals surface area contributed by atoms with E-state index in [9.17, 15) is 26.7 Å². The SMILES string of the molecule is CC[C@](C)(N=C(N)C(C)(C)CC=O)c1cc(/C=C(\F)c2ccc(C(F)(F)F)cn2)ccc1F. The molecule has 0 spiro atoms. The fourth-order valence-corrected chi connectivity index (χ4v) is 3.03. The Morgan fingerprint density at radius 1 is 1.15 bits per heavy atom. The summed E-state index contributed by atoms with van der Waals surface area (Å²) in [4.78, 5) is 19.0. The zero-order valence-corrected chi connectivity index (χ0v) is 18.8. The van der Waals surface area contributed by atoms with Crippen molar-refractivity contribution in [2.24, 2.45) is 16.1 Å². The number of benzene rings is 1. The maximum atomic E-state index is 14.8. The Hall–Kier alpha value is -3.10. The van der Waals surface area contributed by atoms with E-state index in [0.717, 1.165) is 30.6 Å². The van der Waals surface area contributed by atoms with Crippen LogP contribution in [-0.2, 0) is 16.5 Å². The maximum absolute atomic E-state index is 14.8. The quantitative estimate of drug-likeness (QED) is 0.214. The van der Waals surface area contributed by atoms with Crippen LogP contribution in [0.3, 0.4) is 0 Å². The average Bonchev–Trinajstić information content (AvgIpc) is 2.74. The molecule has 9 heteroatoms. The lowest BCUT2D eigenvalue weighted by Crippen LogP contribution is -2.36. The number of halogens is 5. The maximum Gasteiger partial charge on any atom is 0.417 e. The standard InChI is InChI=1S/C24H26F5N3O/c1-5-23(4,32-21(30)22(2,3)10-11-33)17-12-15(6-8-18(17)25)13-19(26)20-9-7-16(14-31-20)24(27,28)29/h6-9,11-14H,5,10H2,1-4H3,(H2,30,32)/b19-13-/t23-/m0/s1. The van der Waals surface area contributed by atoms with Crippen molar-refractivity contribution in [2.45, 2.75) is 52.3 Å². The summed E-state index contributed by atoms with van der Waals surface area (Å²) >= 11 is 0. The molecule has 178 valence electrons. The molecule has 0 aliphatic heterocycles. The van der Waals surface area contributed by atoms with E-state index in [0.29, 0.717) is 12.6 Å². The molecule has 2 N–H and O–H groups in total. The van der Waals surface area contributed by atoms with Gasteiger partial charge in [0.1, 0.15) is 23.8 Å². The van der Waals surface area contributed by atoms with Crippen molar-refractivity contribution in [1.29, 1.82) is 0 Å². The lowest BCUT2D eigenvalue weighted by atomic mass is 9.85. The van der Waals surface area contributed by atoms with Gasteiger partial charge >= 0.3 is 6.18 Å². The summed E-state index contributed by atoms with van der Waals surface area (Å²) in [5.74, 6) is -1.27. The van der Waals surface area contributed by atoms with E-state index < -0.39 is 34.3 Å². The molecular formula is C24H26F5N3O. The van der Waals surface area contributed by atoms with Crippen LogP contribution in [0, 0.1) is 11.2 Å². The Labute approximate surface area is 189 Å². The number of aromatic nitrogens is 1. The highest BCUT2D eigenvalue weighted by Crippen LogP contribution is 2.35. The van der Waals surface area contributed by atoms with Crippen molar-refractivity contribution >= 4 is 24.0 Å². The van der Waals surface area contributed by atoms with Crippen molar-refractivity contribution < 1.29 is 26.7 Å². The summed E-state index contributed by atoms with van der Waals surface area (Å²) in [5.41, 5.74) is 3.46. The van der Waals surface area contributed by atoms with Gasteiger partial charge in [-0.3, -0.25) is 9.98 Å². The monoisotopic (exact) mass is 467 g/mol. The first kappa shape index (κ1) is 26.2. The van der Waals surface area contributed by atoms with Crippen LogP contribution in [0.25, 0.3) is 11.9 Å².